The van der Waals surface area contributed by atoms with Crippen LogP contribution in [0, 0.1) is 5.92 Å². The van der Waals surface area contributed by atoms with Crippen molar-refractivity contribution in [3.8, 4) is 0 Å². The molecule has 3 N–H and O–H groups in total. The number of nitrogens with one attached hydrogen (secondary N) is 2. The van der Waals surface area contributed by atoms with E-state index >= 15 is 0 Å². The maximum absolute atomic E-state index is 12.6. The normalized spacial score (nSPS) is 22.6. The third-order valence-electron chi connectivity index (χ3n) is 4.37. The van der Waals surface area contributed by atoms with Gasteiger partial charge in [0.15, 0.2) is 0 Å². The number of urea groups is 1. The first-order valence-electron chi connectivity index (χ1n) is 8.19. The van der Waals surface area contributed by atoms with E-state index in [4.69, 9.17) is 9.94 Å². The van der Waals surface area contributed by atoms with Gasteiger partial charge < -0.3 is 15.0 Å². The summed E-state index contributed by atoms with van der Waals surface area (Å²) in [5, 5.41) is 11.7. The average Bonchev–Trinajstić information content (AvgIpc) is 2.80. The maximum Gasteiger partial charge on any atom is 0.322 e. The number of benzene rings is 1. The first kappa shape index (κ1) is 17.0. The summed E-state index contributed by atoms with van der Waals surface area (Å²) in [6.45, 7) is 2.65. The molecule has 0 aromatic heterocycles. The summed E-state index contributed by atoms with van der Waals surface area (Å²) in [7, 11) is 0. The Morgan fingerprint density at radius 2 is 2.04 bits per heavy atom. The molecule has 2 aliphatic rings. The van der Waals surface area contributed by atoms with E-state index < -0.39 is 11.8 Å². The third-order valence-corrected chi connectivity index (χ3v) is 4.37. The Balaban J connectivity index is 1.74. The van der Waals surface area contributed by atoms with Crippen molar-refractivity contribution < 1.29 is 19.5 Å². The molecule has 1 aliphatic heterocycles. The minimum Gasteiger partial charge on any atom is -0.491 e. The molecular formula is C18H21N3O4. The van der Waals surface area contributed by atoms with Gasteiger partial charge in [-0.15, -0.1) is 0 Å². The van der Waals surface area contributed by atoms with Gasteiger partial charge in [-0.2, -0.15) is 0 Å². The van der Waals surface area contributed by atoms with Crippen LogP contribution in [0.2, 0.25) is 0 Å². The summed E-state index contributed by atoms with van der Waals surface area (Å²) in [6, 6.07) is 8.96. The number of anilines is 1. The van der Waals surface area contributed by atoms with Crippen LogP contribution in [0.5, 0.6) is 0 Å². The second-order valence-corrected chi connectivity index (χ2v) is 6.16. The van der Waals surface area contributed by atoms with Gasteiger partial charge in [0, 0.05) is 11.3 Å². The molecule has 1 saturated heterocycles. The van der Waals surface area contributed by atoms with Gasteiger partial charge in [-0.25, -0.2) is 10.3 Å². The standard InChI is InChI=1S/C18H21N3O4/c1-12-11-25-16-9-13(17(22)20-24)7-8-14(16)10-21(12)18(23)19-15-5-3-2-4-6-15/h2-6,8-9,12-13,24H,7,10-11H2,1H3,(H,19,23)(H,20,22)/t12-,13?/m0/s1. The summed E-state index contributed by atoms with van der Waals surface area (Å²) >= 11 is 0. The molecule has 2 atom stereocenters. The number of hydrogen-bond donors (Lipinski definition) is 3. The number of nitrogens with zero attached hydrogens (tertiary/aromatic N) is 1. The molecule has 0 bridgehead atoms. The Morgan fingerprint density at radius 1 is 1.28 bits per heavy atom. The number of fused-ring (bicyclic) bond motifs is 1. The van der Waals surface area contributed by atoms with Crippen molar-refractivity contribution in [2.45, 2.75) is 19.4 Å². The number of hydrogen-bond acceptors (Lipinski definition) is 4. The Hall–Kier alpha value is -2.80. The van der Waals surface area contributed by atoms with E-state index in [2.05, 4.69) is 5.32 Å². The zero-order valence-corrected chi connectivity index (χ0v) is 13.9. The SMILES string of the molecule is C[C@H]1COC2=CC(C(=O)NO)CC=C2CN1C(=O)Nc1ccccc1. The Labute approximate surface area is 145 Å². The number of carbonyl (C=O) groups excluding carboxylic acids is 2. The second-order valence-electron chi connectivity index (χ2n) is 6.16. The largest absolute Gasteiger partial charge is 0.491 e. The lowest BCUT2D eigenvalue weighted by Gasteiger charge is -2.26. The molecule has 1 aromatic rings. The van der Waals surface area contributed by atoms with E-state index in [1.54, 1.807) is 16.5 Å². The molecule has 0 saturated carbocycles. The number of carbonyl (C=O) groups is 2. The lowest BCUT2D eigenvalue weighted by molar-refractivity contribution is -0.131. The summed E-state index contributed by atoms with van der Waals surface area (Å²) in [5.74, 6) is -0.340. The monoisotopic (exact) mass is 343 g/mol. The Bertz CT molecular complexity index is 714. The summed E-state index contributed by atoms with van der Waals surface area (Å²) < 4.78 is 5.78. The fourth-order valence-electron chi connectivity index (χ4n) is 2.90. The van der Waals surface area contributed by atoms with Crippen LogP contribution in [-0.4, -0.2) is 41.2 Å². The van der Waals surface area contributed by atoms with Crippen molar-refractivity contribution in [3.63, 3.8) is 0 Å². The fraction of sp³-hybridized carbons (Fsp3) is 0.333. The van der Waals surface area contributed by atoms with Crippen LogP contribution < -0.4 is 10.8 Å². The third kappa shape index (κ3) is 3.83. The van der Waals surface area contributed by atoms with Gasteiger partial charge in [0.25, 0.3) is 5.91 Å². The lowest BCUT2D eigenvalue weighted by Crippen LogP contribution is -2.43. The average molecular weight is 343 g/mol. The van der Waals surface area contributed by atoms with E-state index in [0.717, 1.165) is 11.3 Å². The van der Waals surface area contributed by atoms with Gasteiger partial charge in [-0.05, 0) is 31.6 Å². The molecule has 1 fully saturated rings. The molecule has 3 amide bonds. The quantitative estimate of drug-likeness (QED) is 0.567. The number of rotatable bonds is 2. The Kier molecular flexibility index (Phi) is 5.04. The smallest absolute Gasteiger partial charge is 0.322 e. The van der Waals surface area contributed by atoms with Crippen LogP contribution >= 0.6 is 0 Å². The van der Waals surface area contributed by atoms with Crippen LogP contribution in [-0.2, 0) is 9.53 Å². The van der Waals surface area contributed by atoms with E-state index in [-0.39, 0.29) is 12.1 Å². The van der Waals surface area contributed by atoms with Crippen molar-refractivity contribution in [1.82, 2.24) is 10.4 Å². The fourth-order valence-corrected chi connectivity index (χ4v) is 2.90. The topological polar surface area (TPSA) is 90.9 Å². The highest BCUT2D eigenvalue weighted by molar-refractivity contribution is 5.89. The highest BCUT2D eigenvalue weighted by atomic mass is 16.5. The molecule has 1 aromatic carbocycles. The van der Waals surface area contributed by atoms with Crippen LogP contribution in [0.25, 0.3) is 0 Å². The lowest BCUT2D eigenvalue weighted by atomic mass is 9.94. The van der Waals surface area contributed by atoms with E-state index in [0.29, 0.717) is 25.3 Å². The van der Waals surface area contributed by atoms with E-state index in [1.807, 2.05) is 43.3 Å². The Morgan fingerprint density at radius 3 is 2.76 bits per heavy atom. The maximum atomic E-state index is 12.6. The zero-order chi connectivity index (χ0) is 17.8. The highest BCUT2D eigenvalue weighted by Crippen LogP contribution is 2.28. The number of ether oxygens (including phenoxy) is 1. The summed E-state index contributed by atoms with van der Waals surface area (Å²) in [4.78, 5) is 26.0. The molecule has 25 heavy (non-hydrogen) atoms. The first-order chi connectivity index (χ1) is 12.1. The molecule has 1 unspecified atom stereocenters. The molecule has 0 spiro atoms. The molecule has 0 radical (unpaired) electrons. The van der Waals surface area contributed by atoms with E-state index in [1.165, 1.54) is 0 Å². The predicted molar refractivity (Wildman–Crippen MR) is 91.8 cm³/mol. The molecule has 7 nitrogen and oxygen atoms in total. The van der Waals surface area contributed by atoms with Crippen molar-refractivity contribution >= 4 is 17.6 Å². The van der Waals surface area contributed by atoms with Crippen molar-refractivity contribution in [3.05, 3.63) is 53.8 Å². The van der Waals surface area contributed by atoms with Crippen LogP contribution in [0.4, 0.5) is 10.5 Å². The van der Waals surface area contributed by atoms with Crippen molar-refractivity contribution in [1.29, 1.82) is 0 Å². The predicted octanol–water partition coefficient (Wildman–Crippen LogP) is 2.27. The zero-order valence-electron chi connectivity index (χ0n) is 13.9. The molecule has 3 rings (SSSR count). The summed E-state index contributed by atoms with van der Waals surface area (Å²) in [6.07, 6.45) is 4.04. The minimum absolute atomic E-state index is 0.124. The number of hydroxylamine groups is 1. The highest BCUT2D eigenvalue weighted by Gasteiger charge is 2.30. The van der Waals surface area contributed by atoms with Gasteiger partial charge in [-0.1, -0.05) is 24.3 Å². The van der Waals surface area contributed by atoms with Gasteiger partial charge in [0.1, 0.15) is 12.4 Å². The molecule has 1 aliphatic carbocycles. The van der Waals surface area contributed by atoms with Crippen LogP contribution in [0.1, 0.15) is 13.3 Å². The number of amides is 3. The molecule has 1 heterocycles. The van der Waals surface area contributed by atoms with Crippen molar-refractivity contribution in [2.24, 2.45) is 5.92 Å². The number of para-hydroxylation sites is 1. The molecular weight excluding hydrogens is 322 g/mol. The number of allylic oxidation sites excluding steroid dienone is 1. The van der Waals surface area contributed by atoms with Crippen LogP contribution in [0.15, 0.2) is 53.8 Å². The molecule has 7 heteroatoms. The summed E-state index contributed by atoms with van der Waals surface area (Å²) in [5.41, 5.74) is 3.27. The van der Waals surface area contributed by atoms with Gasteiger partial charge in [0.2, 0.25) is 0 Å². The molecule has 132 valence electrons. The van der Waals surface area contributed by atoms with Gasteiger partial charge in [0.05, 0.1) is 18.5 Å². The first-order valence-corrected chi connectivity index (χ1v) is 8.19. The van der Waals surface area contributed by atoms with Gasteiger partial charge in [-0.3, -0.25) is 10.0 Å². The van der Waals surface area contributed by atoms with Crippen LogP contribution in [0.3, 0.4) is 0 Å². The van der Waals surface area contributed by atoms with Crippen molar-refractivity contribution in [2.75, 3.05) is 18.5 Å². The van der Waals surface area contributed by atoms with E-state index in [9.17, 15) is 9.59 Å². The van der Waals surface area contributed by atoms with Gasteiger partial charge >= 0.3 is 6.03 Å². The second kappa shape index (κ2) is 7.40. The minimum atomic E-state index is -0.470.